The van der Waals surface area contributed by atoms with Crippen LogP contribution in [0.5, 0.6) is 17.2 Å². The highest BCUT2D eigenvalue weighted by molar-refractivity contribution is 7.71. The van der Waals surface area contributed by atoms with Gasteiger partial charge in [0.2, 0.25) is 5.91 Å². The summed E-state index contributed by atoms with van der Waals surface area (Å²) < 4.78 is 21.3. The number of ether oxygens (including phenoxy) is 3. The molecule has 59 heavy (non-hydrogen) atoms. The van der Waals surface area contributed by atoms with Crippen molar-refractivity contribution in [3.05, 3.63) is 109 Å². The van der Waals surface area contributed by atoms with Gasteiger partial charge in [0, 0.05) is 33.6 Å². The van der Waals surface area contributed by atoms with Crippen molar-refractivity contribution in [2.45, 2.75) is 53.0 Å². The predicted molar refractivity (Wildman–Crippen MR) is 230 cm³/mol. The number of nitrogens with one attached hydrogen (secondary N) is 2. The topological polar surface area (TPSA) is 174 Å². The van der Waals surface area contributed by atoms with Gasteiger partial charge in [-0.3, -0.25) is 24.0 Å². The maximum absolute atomic E-state index is 13.2. The van der Waals surface area contributed by atoms with E-state index < -0.39 is 6.04 Å². The molecule has 7 rings (SSSR count). The van der Waals surface area contributed by atoms with Gasteiger partial charge in [-0.1, -0.05) is 37.6 Å². The second kappa shape index (κ2) is 18.3. The van der Waals surface area contributed by atoms with Gasteiger partial charge in [0.05, 0.1) is 49.8 Å². The fraction of sp³-hybridized carbons (Fsp3) is 0.333. The monoisotopic (exact) mass is 856 g/mol. The number of H-pyrrole nitrogens is 1. The molecule has 1 atom stereocenters. The van der Waals surface area contributed by atoms with E-state index in [1.54, 1.807) is 22.0 Å². The number of amides is 1. The van der Waals surface area contributed by atoms with Crippen molar-refractivity contribution in [1.29, 1.82) is 0 Å². The Bertz CT molecular complexity index is 2540. The number of benzene rings is 3. The average Bonchev–Trinajstić information content (AvgIpc) is 3.85. The van der Waals surface area contributed by atoms with Crippen LogP contribution < -0.4 is 10.1 Å². The molecule has 0 bridgehead atoms. The molecule has 0 saturated heterocycles. The fourth-order valence-corrected chi connectivity index (χ4v) is 8.40. The molecule has 6 aromatic rings. The van der Waals surface area contributed by atoms with Crippen LogP contribution >= 0.6 is 35.2 Å². The van der Waals surface area contributed by atoms with Crippen molar-refractivity contribution in [2.75, 3.05) is 39.6 Å². The zero-order valence-electron chi connectivity index (χ0n) is 33.3. The van der Waals surface area contributed by atoms with E-state index >= 15 is 0 Å². The van der Waals surface area contributed by atoms with Crippen LogP contribution in [0.25, 0.3) is 22.1 Å². The SMILES string of the molecule is Cc1sc2c(c1C)C(c1ccc(Cl)cc1)=N[C@@H](CC(=O)NCCOCCOCCOc1ccc(-n3c(-c4cc(C(C)C)c(O)cc4O)n[nH]c3=S)cc1)c1nnc(C)n1-2. The number of phenolic OH excluding ortho intramolecular Hbond substituents is 2. The largest absolute Gasteiger partial charge is 0.508 e. The fourth-order valence-electron chi connectivity index (χ4n) is 6.83. The van der Waals surface area contributed by atoms with Crippen molar-refractivity contribution >= 4 is 46.8 Å². The molecule has 0 spiro atoms. The summed E-state index contributed by atoms with van der Waals surface area (Å²) in [7, 11) is 0. The molecule has 0 unspecified atom stereocenters. The summed E-state index contributed by atoms with van der Waals surface area (Å²) in [6.45, 7) is 12.1. The molecule has 3 aromatic heterocycles. The number of aromatic nitrogens is 6. The van der Waals surface area contributed by atoms with Gasteiger partial charge in [0.1, 0.15) is 40.7 Å². The molecule has 4 heterocycles. The van der Waals surface area contributed by atoms with Gasteiger partial charge in [0.15, 0.2) is 16.4 Å². The summed E-state index contributed by atoms with van der Waals surface area (Å²) >= 11 is 13.4. The quantitative estimate of drug-likeness (QED) is 0.0554. The number of hydrogen-bond donors (Lipinski definition) is 4. The van der Waals surface area contributed by atoms with Gasteiger partial charge in [-0.15, -0.1) is 21.5 Å². The third-order valence-electron chi connectivity index (χ3n) is 9.95. The van der Waals surface area contributed by atoms with Crippen LogP contribution in [-0.4, -0.2) is 90.9 Å². The number of carbonyl (C=O) groups excluding carboxylic acids is 1. The summed E-state index contributed by atoms with van der Waals surface area (Å²) in [4.78, 5) is 19.6. The van der Waals surface area contributed by atoms with Crippen LogP contribution in [0.3, 0.4) is 0 Å². The van der Waals surface area contributed by atoms with E-state index in [1.165, 1.54) is 10.9 Å². The normalized spacial score (nSPS) is 13.5. The number of fused-ring (bicyclic) bond motifs is 3. The van der Waals surface area contributed by atoms with Gasteiger partial charge >= 0.3 is 0 Å². The first-order chi connectivity index (χ1) is 28.4. The second-order valence-electron chi connectivity index (χ2n) is 14.3. The van der Waals surface area contributed by atoms with Gasteiger partial charge < -0.3 is 29.7 Å². The molecule has 0 saturated carbocycles. The number of hydrogen-bond acceptors (Lipinski definition) is 12. The molecule has 308 valence electrons. The van der Waals surface area contributed by atoms with E-state index in [9.17, 15) is 15.0 Å². The Balaban J connectivity index is 0.852. The number of aromatic hydroxyl groups is 2. The van der Waals surface area contributed by atoms with Crippen LogP contribution in [0.4, 0.5) is 0 Å². The number of aliphatic imine (C=N–C) groups is 1. The molecule has 1 aliphatic rings. The highest BCUT2D eigenvalue weighted by Gasteiger charge is 2.32. The third kappa shape index (κ3) is 9.11. The van der Waals surface area contributed by atoms with Gasteiger partial charge in [-0.05, 0) is 92.5 Å². The van der Waals surface area contributed by atoms with Crippen LogP contribution in [0.2, 0.25) is 5.02 Å². The number of rotatable bonds is 16. The summed E-state index contributed by atoms with van der Waals surface area (Å²) in [5.41, 5.74) is 5.71. The number of carbonyl (C=O) groups is 1. The highest BCUT2D eigenvalue weighted by atomic mass is 35.5. The predicted octanol–water partition coefficient (Wildman–Crippen LogP) is 7.86. The van der Waals surface area contributed by atoms with Crippen molar-refractivity contribution in [3.8, 4) is 39.3 Å². The molecule has 0 fully saturated rings. The lowest BCUT2D eigenvalue weighted by Crippen LogP contribution is -2.29. The second-order valence-corrected chi connectivity index (χ2v) is 16.3. The molecule has 4 N–H and O–H groups in total. The molecular weight excluding hydrogens is 812 g/mol. The smallest absolute Gasteiger partial charge is 0.222 e. The zero-order chi connectivity index (χ0) is 41.8. The first-order valence-electron chi connectivity index (χ1n) is 19.2. The van der Waals surface area contributed by atoms with E-state index in [0.29, 0.717) is 77.9 Å². The summed E-state index contributed by atoms with van der Waals surface area (Å²) in [6.07, 6.45) is 0.0930. The Morgan fingerprint density at radius 1 is 0.949 bits per heavy atom. The number of halogens is 1. The molecule has 3 aromatic carbocycles. The Morgan fingerprint density at radius 3 is 2.39 bits per heavy atom. The van der Waals surface area contributed by atoms with Gasteiger partial charge in [0.25, 0.3) is 0 Å². The molecule has 17 heteroatoms. The Hall–Kier alpha value is -5.39. The number of aryl methyl sites for hydroxylation is 2. The van der Waals surface area contributed by atoms with Crippen molar-refractivity contribution in [2.24, 2.45) is 4.99 Å². The van der Waals surface area contributed by atoms with Crippen molar-refractivity contribution in [3.63, 3.8) is 0 Å². The standard InChI is InChI=1S/C42H45ClN8O6S2/c1-23(2)31-20-32(35(53)22-34(31)52)39-47-49-42(58)51(39)29-10-12-30(13-11-29)57-19-18-56-17-16-55-15-14-44-36(54)21-33-40-48-46-26(5)50(40)41-37(24(3)25(4)59-41)38(45-33)27-6-8-28(43)9-7-27/h6-13,20,22-23,33,52-53H,14-19,21H2,1-5H3,(H,44,54)(H,49,58)/t33-/m0/s1. The molecule has 1 aliphatic heterocycles. The van der Waals surface area contributed by atoms with Crippen LogP contribution in [0.15, 0.2) is 65.7 Å². The molecule has 0 aliphatic carbocycles. The van der Waals surface area contributed by atoms with Crippen LogP contribution in [0.1, 0.15) is 71.0 Å². The Kier molecular flexibility index (Phi) is 12.9. The lowest BCUT2D eigenvalue weighted by molar-refractivity contribution is -0.121. The number of phenols is 2. The van der Waals surface area contributed by atoms with E-state index in [4.69, 9.17) is 43.0 Å². The van der Waals surface area contributed by atoms with E-state index in [-0.39, 0.29) is 29.7 Å². The van der Waals surface area contributed by atoms with Crippen molar-refractivity contribution in [1.82, 2.24) is 34.8 Å². The lowest BCUT2D eigenvalue weighted by atomic mass is 9.98. The van der Waals surface area contributed by atoms with E-state index in [1.807, 2.05) is 73.9 Å². The van der Waals surface area contributed by atoms with Crippen LogP contribution in [0, 0.1) is 25.5 Å². The average molecular weight is 857 g/mol. The molecular formula is C42H45ClN8O6S2. The summed E-state index contributed by atoms with van der Waals surface area (Å²) in [5, 5.41) is 41.5. The number of aromatic amines is 1. The molecule has 1 amide bonds. The summed E-state index contributed by atoms with van der Waals surface area (Å²) in [6, 6.07) is 17.4. The first kappa shape index (κ1) is 41.8. The number of nitrogens with zero attached hydrogens (tertiary/aromatic N) is 6. The maximum Gasteiger partial charge on any atom is 0.222 e. The maximum atomic E-state index is 13.2. The Morgan fingerprint density at radius 2 is 1.66 bits per heavy atom. The zero-order valence-corrected chi connectivity index (χ0v) is 35.7. The Labute approximate surface area is 355 Å². The lowest BCUT2D eigenvalue weighted by Gasteiger charge is -2.14. The minimum atomic E-state index is -0.552. The van der Waals surface area contributed by atoms with Gasteiger partial charge in [-0.2, -0.15) is 5.10 Å². The van der Waals surface area contributed by atoms with Crippen LogP contribution in [-0.2, 0) is 14.3 Å². The minimum Gasteiger partial charge on any atom is -0.508 e. The van der Waals surface area contributed by atoms with E-state index in [2.05, 4.69) is 39.6 Å². The molecule has 14 nitrogen and oxygen atoms in total. The highest BCUT2D eigenvalue weighted by Crippen LogP contribution is 2.40. The third-order valence-corrected chi connectivity index (χ3v) is 11.7. The first-order valence-corrected chi connectivity index (χ1v) is 20.8. The summed E-state index contributed by atoms with van der Waals surface area (Å²) in [5.74, 6) is 2.20. The minimum absolute atomic E-state index is 0.0229. The number of thiophene rings is 1. The van der Waals surface area contributed by atoms with Gasteiger partial charge in [-0.25, -0.2) is 0 Å². The molecule has 0 radical (unpaired) electrons. The van der Waals surface area contributed by atoms with E-state index in [0.717, 1.165) is 38.9 Å². The van der Waals surface area contributed by atoms with Crippen molar-refractivity contribution < 1.29 is 29.2 Å².